The summed E-state index contributed by atoms with van der Waals surface area (Å²) in [5, 5.41) is 11.5. The van der Waals surface area contributed by atoms with Gasteiger partial charge >= 0.3 is 11.7 Å². The number of aromatic carboxylic acids is 1. The van der Waals surface area contributed by atoms with E-state index in [1.807, 2.05) is 0 Å². The van der Waals surface area contributed by atoms with Crippen LogP contribution in [0.3, 0.4) is 0 Å². The van der Waals surface area contributed by atoms with E-state index in [1.54, 1.807) is 0 Å². The molecular formula is C12H10ClN3O5. The fraction of sp³-hybridized carbons (Fsp3) is 0.0833. The summed E-state index contributed by atoms with van der Waals surface area (Å²) in [6.07, 6.45) is 1.20. The quantitative estimate of drug-likeness (QED) is 0.677. The monoisotopic (exact) mass is 311 g/mol. The molecule has 1 heterocycles. The second-order valence-electron chi connectivity index (χ2n) is 3.95. The van der Waals surface area contributed by atoms with E-state index < -0.39 is 17.6 Å². The predicted molar refractivity (Wildman–Crippen MR) is 74.3 cm³/mol. The molecule has 1 amide bonds. The minimum atomic E-state index is -1.21. The van der Waals surface area contributed by atoms with Gasteiger partial charge in [0.25, 0.3) is 5.91 Å². The number of benzene rings is 1. The van der Waals surface area contributed by atoms with Crippen LogP contribution in [0, 0.1) is 0 Å². The van der Waals surface area contributed by atoms with E-state index in [2.05, 4.69) is 15.3 Å². The van der Waals surface area contributed by atoms with Crippen LogP contribution in [0.2, 0.25) is 5.02 Å². The second-order valence-corrected chi connectivity index (χ2v) is 4.36. The summed E-state index contributed by atoms with van der Waals surface area (Å²) in [4.78, 5) is 38.4. The van der Waals surface area contributed by atoms with Gasteiger partial charge in [-0.05, 0) is 6.07 Å². The number of amides is 1. The Morgan fingerprint density at radius 3 is 2.62 bits per heavy atom. The Morgan fingerprint density at radius 2 is 2.10 bits per heavy atom. The number of H-pyrrole nitrogens is 2. The van der Waals surface area contributed by atoms with Crippen molar-refractivity contribution in [3.05, 3.63) is 45.1 Å². The molecule has 0 unspecified atom stereocenters. The Kier molecular flexibility index (Phi) is 3.99. The van der Waals surface area contributed by atoms with E-state index in [0.29, 0.717) is 0 Å². The van der Waals surface area contributed by atoms with Crippen LogP contribution >= 0.6 is 11.6 Å². The van der Waals surface area contributed by atoms with Crippen molar-refractivity contribution in [2.75, 3.05) is 12.4 Å². The molecule has 1 aromatic carbocycles. The first-order valence-corrected chi connectivity index (χ1v) is 6.00. The number of carbonyl (C=O) groups excluding carboxylic acids is 1. The molecule has 0 saturated carbocycles. The van der Waals surface area contributed by atoms with Gasteiger partial charge in [0, 0.05) is 12.3 Å². The molecule has 0 aliphatic rings. The number of aromatic nitrogens is 2. The number of methoxy groups -OCH3 is 1. The maximum absolute atomic E-state index is 11.9. The van der Waals surface area contributed by atoms with Gasteiger partial charge < -0.3 is 25.1 Å². The molecule has 110 valence electrons. The predicted octanol–water partition coefficient (Wildman–Crippen LogP) is 1.32. The van der Waals surface area contributed by atoms with Crippen LogP contribution in [0.25, 0.3) is 0 Å². The Morgan fingerprint density at radius 1 is 1.38 bits per heavy atom. The third-order valence-corrected chi connectivity index (χ3v) is 2.92. The van der Waals surface area contributed by atoms with Crippen LogP contribution in [-0.2, 0) is 0 Å². The number of carbonyl (C=O) groups is 2. The van der Waals surface area contributed by atoms with Gasteiger partial charge in [0.15, 0.2) is 0 Å². The fourth-order valence-corrected chi connectivity index (χ4v) is 1.84. The number of carboxylic acids is 1. The molecule has 2 aromatic rings. The maximum Gasteiger partial charge on any atom is 0.339 e. The van der Waals surface area contributed by atoms with Crippen molar-refractivity contribution < 1.29 is 19.4 Å². The molecule has 8 nitrogen and oxygen atoms in total. The summed E-state index contributed by atoms with van der Waals surface area (Å²) < 4.78 is 4.94. The number of rotatable bonds is 4. The van der Waals surface area contributed by atoms with E-state index in [1.165, 1.54) is 19.4 Å². The number of imidazole rings is 1. The molecule has 0 spiro atoms. The van der Waals surface area contributed by atoms with Crippen molar-refractivity contribution in [2.24, 2.45) is 0 Å². The molecule has 2 rings (SSSR count). The summed E-state index contributed by atoms with van der Waals surface area (Å²) in [5.74, 6) is -1.77. The van der Waals surface area contributed by atoms with Crippen LogP contribution in [-0.4, -0.2) is 34.1 Å². The van der Waals surface area contributed by atoms with Gasteiger partial charge in [0.05, 0.1) is 17.8 Å². The molecule has 1 aromatic heterocycles. The zero-order valence-electron chi connectivity index (χ0n) is 10.7. The van der Waals surface area contributed by atoms with E-state index in [4.69, 9.17) is 21.4 Å². The lowest BCUT2D eigenvalue weighted by atomic mass is 10.1. The molecule has 21 heavy (non-hydrogen) atoms. The highest BCUT2D eigenvalue weighted by Gasteiger charge is 2.17. The molecule has 9 heteroatoms. The van der Waals surface area contributed by atoms with E-state index in [9.17, 15) is 14.4 Å². The number of hydrogen-bond donors (Lipinski definition) is 4. The minimum Gasteiger partial charge on any atom is -0.496 e. The Hall–Kier alpha value is -2.74. The first-order valence-electron chi connectivity index (χ1n) is 5.62. The molecule has 0 saturated heterocycles. The first kappa shape index (κ1) is 14.7. The summed E-state index contributed by atoms with van der Waals surface area (Å²) in [5.41, 5.74) is -0.483. The van der Waals surface area contributed by atoms with Crippen LogP contribution in [0.1, 0.15) is 20.8 Å². The van der Waals surface area contributed by atoms with E-state index >= 15 is 0 Å². The molecule has 0 aliphatic heterocycles. The number of aromatic amines is 2. The number of halogens is 1. The van der Waals surface area contributed by atoms with Gasteiger partial charge in [-0.2, -0.15) is 0 Å². The van der Waals surface area contributed by atoms with E-state index in [-0.39, 0.29) is 27.7 Å². The smallest absolute Gasteiger partial charge is 0.339 e. The van der Waals surface area contributed by atoms with Crippen LogP contribution in [0.4, 0.5) is 5.69 Å². The Balaban J connectivity index is 2.34. The second kappa shape index (κ2) is 5.71. The molecule has 4 N–H and O–H groups in total. The number of anilines is 1. The lowest BCUT2D eigenvalue weighted by Crippen LogP contribution is -2.14. The Labute approximate surface area is 122 Å². The third-order valence-electron chi connectivity index (χ3n) is 2.61. The Bertz CT molecular complexity index is 764. The van der Waals surface area contributed by atoms with Gasteiger partial charge in [0.1, 0.15) is 17.0 Å². The summed E-state index contributed by atoms with van der Waals surface area (Å²) in [7, 11) is 1.30. The third kappa shape index (κ3) is 3.06. The molecule has 0 atom stereocenters. The topological polar surface area (TPSA) is 124 Å². The maximum atomic E-state index is 11.9. The van der Waals surface area contributed by atoms with Gasteiger partial charge in [0.2, 0.25) is 0 Å². The van der Waals surface area contributed by atoms with E-state index in [0.717, 1.165) is 6.07 Å². The summed E-state index contributed by atoms with van der Waals surface area (Å²) in [6.45, 7) is 0. The molecule has 0 bridgehead atoms. The average Bonchev–Trinajstić information content (AvgIpc) is 2.87. The van der Waals surface area contributed by atoms with Crippen molar-refractivity contribution in [2.45, 2.75) is 0 Å². The lowest BCUT2D eigenvalue weighted by Gasteiger charge is -2.11. The molecule has 0 aliphatic carbocycles. The van der Waals surface area contributed by atoms with Gasteiger partial charge in [-0.3, -0.25) is 4.79 Å². The van der Waals surface area contributed by atoms with Crippen LogP contribution < -0.4 is 15.7 Å². The zero-order chi connectivity index (χ0) is 15.6. The number of carboxylic acid groups (broad SMARTS) is 1. The number of nitrogens with one attached hydrogen (secondary N) is 3. The first-order chi connectivity index (χ1) is 9.92. The van der Waals surface area contributed by atoms with Crippen molar-refractivity contribution in [1.82, 2.24) is 9.97 Å². The van der Waals surface area contributed by atoms with Crippen molar-refractivity contribution in [3.63, 3.8) is 0 Å². The SMILES string of the molecule is COc1cc(NC(=O)c2c[nH]c(=O)[nH]2)c(Cl)cc1C(=O)O. The minimum absolute atomic E-state index is 0.0114. The highest BCUT2D eigenvalue weighted by atomic mass is 35.5. The highest BCUT2D eigenvalue weighted by Crippen LogP contribution is 2.31. The number of ether oxygens (including phenoxy) is 1. The van der Waals surface area contributed by atoms with Gasteiger partial charge in [-0.15, -0.1) is 0 Å². The normalized spacial score (nSPS) is 10.2. The number of hydrogen-bond acceptors (Lipinski definition) is 4. The summed E-state index contributed by atoms with van der Waals surface area (Å²) in [6, 6.07) is 2.45. The van der Waals surface area contributed by atoms with Crippen molar-refractivity contribution in [1.29, 1.82) is 0 Å². The van der Waals surface area contributed by atoms with Gasteiger partial charge in [-0.25, -0.2) is 9.59 Å². The zero-order valence-corrected chi connectivity index (χ0v) is 11.4. The average molecular weight is 312 g/mol. The largest absolute Gasteiger partial charge is 0.496 e. The summed E-state index contributed by atoms with van der Waals surface area (Å²) >= 11 is 5.93. The highest BCUT2D eigenvalue weighted by molar-refractivity contribution is 6.34. The molecule has 0 radical (unpaired) electrons. The van der Waals surface area contributed by atoms with Crippen LogP contribution in [0.15, 0.2) is 23.1 Å². The van der Waals surface area contributed by atoms with Crippen molar-refractivity contribution >= 4 is 29.2 Å². The van der Waals surface area contributed by atoms with Gasteiger partial charge in [-0.1, -0.05) is 11.6 Å². The molecule has 0 fully saturated rings. The standard InChI is InChI=1S/C12H10ClN3O5/c1-21-9-3-7(6(13)2-5(9)11(18)19)15-10(17)8-4-14-12(20)16-8/h2-4H,1H3,(H,15,17)(H,18,19)(H2,14,16,20). The van der Waals surface area contributed by atoms with Crippen molar-refractivity contribution in [3.8, 4) is 5.75 Å². The molecular weight excluding hydrogens is 302 g/mol. The fourth-order valence-electron chi connectivity index (χ4n) is 1.63. The lowest BCUT2D eigenvalue weighted by molar-refractivity contribution is 0.0693. The van der Waals surface area contributed by atoms with Crippen LogP contribution in [0.5, 0.6) is 5.75 Å².